The van der Waals surface area contributed by atoms with Crippen molar-refractivity contribution in [3.63, 3.8) is 0 Å². The minimum atomic E-state index is -0.693. The van der Waals surface area contributed by atoms with Gasteiger partial charge >= 0.3 is 5.97 Å². The molecule has 18 heavy (non-hydrogen) atoms. The van der Waals surface area contributed by atoms with Crippen LogP contribution in [0.15, 0.2) is 11.1 Å². The minimum absolute atomic E-state index is 0.568. The molecule has 1 N–H and O–H groups in total. The molecule has 0 atom stereocenters. The Bertz CT molecular complexity index is 298. The molecule has 102 valence electrons. The van der Waals surface area contributed by atoms with Gasteiger partial charge in [0.25, 0.3) is 0 Å². The minimum Gasteiger partial charge on any atom is -0.478 e. The fourth-order valence-corrected chi connectivity index (χ4v) is 3.90. The van der Waals surface area contributed by atoms with Crippen molar-refractivity contribution in [2.75, 3.05) is 0 Å². The molecule has 0 aromatic rings. The molecule has 2 saturated carbocycles. The summed E-state index contributed by atoms with van der Waals surface area (Å²) in [6.45, 7) is 1.83. The van der Waals surface area contributed by atoms with Crippen LogP contribution in [0.25, 0.3) is 0 Å². The fourth-order valence-electron chi connectivity index (χ4n) is 3.90. The van der Waals surface area contributed by atoms with Crippen molar-refractivity contribution in [3.05, 3.63) is 11.1 Å². The smallest absolute Gasteiger partial charge is 0.331 e. The van der Waals surface area contributed by atoms with E-state index in [9.17, 15) is 9.90 Å². The summed E-state index contributed by atoms with van der Waals surface area (Å²) in [5, 5.41) is 9.36. The van der Waals surface area contributed by atoms with Crippen LogP contribution in [-0.4, -0.2) is 11.1 Å². The Hall–Kier alpha value is -0.790. The molecule has 0 aromatic heterocycles. The second-order valence-corrected chi connectivity index (χ2v) is 6.06. The van der Waals surface area contributed by atoms with Crippen molar-refractivity contribution >= 4 is 5.97 Å². The summed E-state index contributed by atoms with van der Waals surface area (Å²) in [6, 6.07) is 0. The van der Waals surface area contributed by atoms with E-state index < -0.39 is 5.97 Å². The number of aliphatic carboxylic acids is 1. The maximum atomic E-state index is 11.4. The van der Waals surface area contributed by atoms with Gasteiger partial charge in [-0.1, -0.05) is 44.1 Å². The third kappa shape index (κ3) is 3.15. The van der Waals surface area contributed by atoms with Gasteiger partial charge in [0, 0.05) is 5.57 Å². The second-order valence-electron chi connectivity index (χ2n) is 6.06. The fraction of sp³-hybridized carbons (Fsp3) is 0.812. The molecule has 2 rings (SSSR count). The van der Waals surface area contributed by atoms with Crippen LogP contribution in [0.1, 0.15) is 71.1 Å². The van der Waals surface area contributed by atoms with Crippen LogP contribution in [-0.2, 0) is 4.79 Å². The lowest BCUT2D eigenvalue weighted by molar-refractivity contribution is -0.132. The predicted octanol–water partition coefficient (Wildman–Crippen LogP) is 4.55. The quantitative estimate of drug-likeness (QED) is 0.746. The van der Waals surface area contributed by atoms with Crippen LogP contribution in [0.3, 0.4) is 0 Å². The van der Waals surface area contributed by atoms with Gasteiger partial charge in [-0.3, -0.25) is 0 Å². The van der Waals surface area contributed by atoms with E-state index in [1.165, 1.54) is 69.8 Å². The van der Waals surface area contributed by atoms with Crippen LogP contribution >= 0.6 is 0 Å². The molecule has 2 fully saturated rings. The van der Waals surface area contributed by atoms with E-state index in [0.717, 1.165) is 0 Å². The molecule has 0 amide bonds. The van der Waals surface area contributed by atoms with Gasteiger partial charge in [-0.2, -0.15) is 0 Å². The molecule has 0 spiro atoms. The molecule has 0 radical (unpaired) electrons. The number of hydrogen-bond donors (Lipinski definition) is 1. The maximum Gasteiger partial charge on any atom is 0.331 e. The first-order chi connectivity index (χ1) is 8.70. The maximum absolute atomic E-state index is 11.4. The molecular weight excluding hydrogens is 224 g/mol. The lowest BCUT2D eigenvalue weighted by Crippen LogP contribution is -2.22. The normalized spacial score (nSPS) is 22.7. The highest BCUT2D eigenvalue weighted by Gasteiger charge is 2.28. The molecule has 2 heteroatoms. The van der Waals surface area contributed by atoms with Crippen LogP contribution in [0.5, 0.6) is 0 Å². The molecule has 0 aliphatic heterocycles. The highest BCUT2D eigenvalue weighted by molar-refractivity contribution is 5.87. The van der Waals surface area contributed by atoms with Crippen LogP contribution in [0, 0.1) is 11.8 Å². The Balaban J connectivity index is 2.21. The summed E-state index contributed by atoms with van der Waals surface area (Å²) < 4.78 is 0. The summed E-state index contributed by atoms with van der Waals surface area (Å²) in [5.74, 6) is 0.442. The third-order valence-corrected chi connectivity index (χ3v) is 4.84. The number of carboxylic acids is 1. The first-order valence-electron chi connectivity index (χ1n) is 7.64. The van der Waals surface area contributed by atoms with E-state index in [1.54, 1.807) is 0 Å². The average Bonchev–Trinajstić information content (AvgIpc) is 2.41. The molecular formula is C16H26O2. The van der Waals surface area contributed by atoms with Crippen molar-refractivity contribution in [1.29, 1.82) is 0 Å². The van der Waals surface area contributed by atoms with E-state index in [2.05, 4.69) is 0 Å². The van der Waals surface area contributed by atoms with Gasteiger partial charge in [0.1, 0.15) is 0 Å². The molecule has 2 nitrogen and oxygen atoms in total. The third-order valence-electron chi connectivity index (χ3n) is 4.84. The zero-order chi connectivity index (χ0) is 13.0. The number of rotatable bonds is 3. The van der Waals surface area contributed by atoms with Crippen LogP contribution < -0.4 is 0 Å². The van der Waals surface area contributed by atoms with Crippen molar-refractivity contribution in [3.8, 4) is 0 Å². The number of carbonyl (C=O) groups is 1. The van der Waals surface area contributed by atoms with E-state index >= 15 is 0 Å². The Morgan fingerprint density at radius 2 is 1.22 bits per heavy atom. The Kier molecular flexibility index (Phi) is 4.85. The lowest BCUT2D eigenvalue weighted by Gasteiger charge is -2.33. The highest BCUT2D eigenvalue weighted by Crippen LogP contribution is 2.41. The summed E-state index contributed by atoms with van der Waals surface area (Å²) >= 11 is 0. The van der Waals surface area contributed by atoms with Gasteiger partial charge in [0.05, 0.1) is 0 Å². The monoisotopic (exact) mass is 250 g/mol. The molecule has 2 aliphatic rings. The van der Waals surface area contributed by atoms with E-state index in [1.807, 2.05) is 6.92 Å². The van der Waals surface area contributed by atoms with Crippen molar-refractivity contribution in [2.45, 2.75) is 71.1 Å². The predicted molar refractivity (Wildman–Crippen MR) is 73.5 cm³/mol. The van der Waals surface area contributed by atoms with Gasteiger partial charge < -0.3 is 5.11 Å². The molecule has 0 bridgehead atoms. The zero-order valence-electron chi connectivity index (χ0n) is 11.6. The summed E-state index contributed by atoms with van der Waals surface area (Å²) in [7, 11) is 0. The summed E-state index contributed by atoms with van der Waals surface area (Å²) in [4.78, 5) is 11.4. The van der Waals surface area contributed by atoms with Gasteiger partial charge in [-0.25, -0.2) is 4.79 Å². The van der Waals surface area contributed by atoms with E-state index in [4.69, 9.17) is 0 Å². The second kappa shape index (κ2) is 6.40. The van der Waals surface area contributed by atoms with Gasteiger partial charge in [-0.05, 0) is 44.4 Å². The number of allylic oxidation sites excluding steroid dienone is 1. The van der Waals surface area contributed by atoms with Crippen molar-refractivity contribution < 1.29 is 9.90 Å². The standard InChI is InChI=1S/C16H26O2/c1-12(16(17)18)15(13-8-4-2-5-9-13)14-10-6-3-7-11-14/h13-14H,2-11H2,1H3,(H,17,18). The first kappa shape index (κ1) is 13.6. The number of carboxylic acid groups (broad SMARTS) is 1. The molecule has 0 saturated heterocycles. The number of hydrogen-bond acceptors (Lipinski definition) is 1. The van der Waals surface area contributed by atoms with E-state index in [0.29, 0.717) is 17.4 Å². The highest BCUT2D eigenvalue weighted by atomic mass is 16.4. The van der Waals surface area contributed by atoms with Gasteiger partial charge in [0.2, 0.25) is 0 Å². The molecule has 0 heterocycles. The van der Waals surface area contributed by atoms with Crippen molar-refractivity contribution in [1.82, 2.24) is 0 Å². The van der Waals surface area contributed by atoms with Crippen LogP contribution in [0.2, 0.25) is 0 Å². The Morgan fingerprint density at radius 1 is 0.833 bits per heavy atom. The molecule has 0 unspecified atom stereocenters. The summed E-state index contributed by atoms with van der Waals surface area (Å²) in [5.41, 5.74) is 1.98. The lowest BCUT2D eigenvalue weighted by atomic mass is 9.72. The van der Waals surface area contributed by atoms with Gasteiger partial charge in [0.15, 0.2) is 0 Å². The largest absolute Gasteiger partial charge is 0.478 e. The SMILES string of the molecule is CC(C(=O)O)=C(C1CCCCC1)C1CCCCC1. The van der Waals surface area contributed by atoms with Crippen molar-refractivity contribution in [2.24, 2.45) is 11.8 Å². The topological polar surface area (TPSA) is 37.3 Å². The zero-order valence-corrected chi connectivity index (χ0v) is 11.6. The summed E-state index contributed by atoms with van der Waals surface area (Å²) in [6.07, 6.45) is 12.7. The Labute approximate surface area is 110 Å². The Morgan fingerprint density at radius 3 is 1.56 bits per heavy atom. The van der Waals surface area contributed by atoms with Crippen LogP contribution in [0.4, 0.5) is 0 Å². The van der Waals surface area contributed by atoms with Gasteiger partial charge in [-0.15, -0.1) is 0 Å². The molecule has 2 aliphatic carbocycles. The average molecular weight is 250 g/mol. The molecule has 0 aromatic carbocycles. The van der Waals surface area contributed by atoms with E-state index in [-0.39, 0.29) is 0 Å². The first-order valence-corrected chi connectivity index (χ1v) is 7.64.